The van der Waals surface area contributed by atoms with Crippen molar-refractivity contribution >= 4 is 23.4 Å². The van der Waals surface area contributed by atoms with E-state index in [0.717, 1.165) is 98.3 Å². The molecule has 2 N–H and O–H groups in total. The van der Waals surface area contributed by atoms with Gasteiger partial charge in [-0.15, -0.1) is 18.3 Å². The van der Waals surface area contributed by atoms with Gasteiger partial charge >= 0.3 is 0 Å². The van der Waals surface area contributed by atoms with Crippen molar-refractivity contribution < 1.29 is 34.1 Å². The maximum Gasteiger partial charge on any atom is 0.239 e. The Labute approximate surface area is 378 Å². The summed E-state index contributed by atoms with van der Waals surface area (Å²) in [6, 6.07) is 16.1. The summed E-state index contributed by atoms with van der Waals surface area (Å²) in [6.45, 7) is 12.5. The zero-order valence-electron chi connectivity index (χ0n) is 38.3. The van der Waals surface area contributed by atoms with Crippen LogP contribution in [0.15, 0.2) is 82.9 Å². The van der Waals surface area contributed by atoms with Gasteiger partial charge in [-0.3, -0.25) is 4.79 Å². The zero-order valence-corrected chi connectivity index (χ0v) is 39.1. The monoisotopic (exact) mass is 875 g/mol. The number of unbranched alkanes of at least 4 members (excludes halogenated alkanes) is 10. The highest BCUT2D eigenvalue weighted by molar-refractivity contribution is 7.99. The first-order chi connectivity index (χ1) is 30.5. The molecule has 0 unspecified atom stereocenters. The van der Waals surface area contributed by atoms with Crippen molar-refractivity contribution in [1.29, 1.82) is 0 Å². The van der Waals surface area contributed by atoms with Crippen molar-refractivity contribution in [2.75, 3.05) is 45.3 Å². The summed E-state index contributed by atoms with van der Waals surface area (Å²) in [5.41, 5.74) is 2.99. The Bertz CT molecular complexity index is 1690. The van der Waals surface area contributed by atoms with Crippen LogP contribution < -0.4 is 9.47 Å². The molecule has 5 rings (SSSR count). The summed E-state index contributed by atoms with van der Waals surface area (Å²) < 4.78 is 21.0. The van der Waals surface area contributed by atoms with Crippen molar-refractivity contribution in [1.82, 2.24) is 4.90 Å². The molecule has 1 amide bonds. The average molecular weight is 875 g/mol. The Morgan fingerprint density at radius 2 is 1.65 bits per heavy atom. The SMILES string of the molecule is C=CCO[C@@]12Oc3ccc(OCCSc4ccccc4)cc3[C@H]3[C@H](CCCCO)[C@@H](CCCCO)C=C(C(=NOCC)C[C@@H]1N(CCC)C(=O)CCCCCCCCCCC)[C@H]32. The first kappa shape index (κ1) is 49.7. The molecule has 10 heteroatoms. The third kappa shape index (κ3) is 13.4. The second-order valence-corrected chi connectivity index (χ2v) is 18.5. The molecule has 2 aromatic rings. The number of carbonyl (C=O) groups excluding carboxylic acids is 1. The molecule has 1 heterocycles. The molecule has 2 aromatic carbocycles. The normalized spacial score (nSPS) is 23.2. The van der Waals surface area contributed by atoms with E-state index in [1.807, 2.05) is 25.1 Å². The molecule has 1 aliphatic heterocycles. The molecular formula is C52H78N2O7S. The average Bonchev–Trinajstić information content (AvgIpc) is 3.29. The van der Waals surface area contributed by atoms with Crippen molar-refractivity contribution in [2.24, 2.45) is 22.9 Å². The Kier molecular flexibility index (Phi) is 21.7. The fourth-order valence-corrected chi connectivity index (χ4v) is 10.9. The molecule has 0 radical (unpaired) electrons. The quantitative estimate of drug-likeness (QED) is 0.0334. The Morgan fingerprint density at radius 3 is 2.34 bits per heavy atom. The topological polar surface area (TPSA) is 110 Å². The van der Waals surface area contributed by atoms with Gasteiger partial charge in [-0.1, -0.05) is 114 Å². The fourth-order valence-electron chi connectivity index (χ4n) is 10.1. The van der Waals surface area contributed by atoms with Crippen molar-refractivity contribution in [2.45, 2.75) is 159 Å². The van der Waals surface area contributed by atoms with E-state index >= 15 is 0 Å². The number of aliphatic hydroxyl groups excluding tert-OH is 2. The zero-order chi connectivity index (χ0) is 44.0. The Hall–Kier alpha value is -3.31. The summed E-state index contributed by atoms with van der Waals surface area (Å²) in [5.74, 6) is 1.20. The molecule has 0 saturated heterocycles. The van der Waals surface area contributed by atoms with E-state index in [-0.39, 0.29) is 49.4 Å². The van der Waals surface area contributed by atoms with E-state index in [0.29, 0.717) is 32.6 Å². The van der Waals surface area contributed by atoms with Gasteiger partial charge < -0.3 is 34.2 Å². The van der Waals surface area contributed by atoms with E-state index in [4.69, 9.17) is 24.2 Å². The number of ether oxygens (including phenoxy) is 3. The lowest BCUT2D eigenvalue weighted by molar-refractivity contribution is -0.257. The molecule has 2 aliphatic carbocycles. The van der Waals surface area contributed by atoms with Crippen molar-refractivity contribution in [3.63, 3.8) is 0 Å². The van der Waals surface area contributed by atoms with Gasteiger partial charge in [-0.25, -0.2) is 0 Å². The predicted molar refractivity (Wildman–Crippen MR) is 253 cm³/mol. The molecular weight excluding hydrogens is 797 g/mol. The van der Waals surface area contributed by atoms with E-state index in [1.54, 1.807) is 17.8 Å². The number of fused-ring (bicyclic) bond motifs is 2. The van der Waals surface area contributed by atoms with Crippen LogP contribution in [0.3, 0.4) is 0 Å². The second kappa shape index (κ2) is 27.1. The van der Waals surface area contributed by atoms with Crippen LogP contribution in [0.4, 0.5) is 0 Å². The molecule has 3 aliphatic rings. The third-order valence-electron chi connectivity index (χ3n) is 13.0. The minimum absolute atomic E-state index is 0.0749. The van der Waals surface area contributed by atoms with E-state index in [9.17, 15) is 15.0 Å². The fraction of sp³-hybridized carbons (Fsp3) is 0.654. The molecule has 0 bridgehead atoms. The number of carbonyl (C=O) groups is 1. The third-order valence-corrected chi connectivity index (χ3v) is 13.9. The largest absolute Gasteiger partial charge is 0.493 e. The standard InChI is InChI=1S/C52H78N2O7S/c1-5-9-10-11-12-13-14-15-19-28-49(57)54(31-6-2)48-39-46(53-60-8-4)44-37-40(24-20-22-32-55)43(27-21-23-33-56)50-45-38-41(58-35-36-62-42-25-17-16-18-26-42)29-30-47(45)61-52(48,51(44)50)59-34-7-3/h7,16-18,25-26,29-30,37-38,40,43,48,50-51,55-56H,3,5-6,8-15,19-24,27-28,31-36,39H2,1-2,4H3/t40-,43+,48-,50+,51+,52+/m0/s1. The highest BCUT2D eigenvalue weighted by Crippen LogP contribution is 2.62. The van der Waals surface area contributed by atoms with Gasteiger partial charge in [0.1, 0.15) is 24.1 Å². The van der Waals surface area contributed by atoms with Crippen LogP contribution in [0.25, 0.3) is 0 Å². The van der Waals surface area contributed by atoms with Crippen LogP contribution in [0.1, 0.15) is 148 Å². The molecule has 1 saturated carbocycles. The van der Waals surface area contributed by atoms with Gasteiger partial charge in [0.25, 0.3) is 0 Å². The highest BCUT2D eigenvalue weighted by Gasteiger charge is 2.65. The van der Waals surface area contributed by atoms with Crippen LogP contribution in [0.5, 0.6) is 11.5 Å². The van der Waals surface area contributed by atoms with Crippen LogP contribution in [0, 0.1) is 17.8 Å². The smallest absolute Gasteiger partial charge is 0.239 e. The second-order valence-electron chi connectivity index (χ2n) is 17.4. The first-order valence-corrected chi connectivity index (χ1v) is 25.2. The number of rotatable bonds is 31. The van der Waals surface area contributed by atoms with E-state index in [1.165, 1.54) is 43.4 Å². The molecule has 62 heavy (non-hydrogen) atoms. The molecule has 0 spiro atoms. The number of thioether (sulfide) groups is 1. The number of hydrogen-bond donors (Lipinski definition) is 2. The number of nitrogens with zero attached hydrogens (tertiary/aromatic N) is 2. The van der Waals surface area contributed by atoms with Crippen LogP contribution in [-0.4, -0.2) is 83.9 Å². The molecule has 1 fully saturated rings. The number of hydrogen-bond acceptors (Lipinski definition) is 9. The van der Waals surface area contributed by atoms with Gasteiger partial charge in [0.2, 0.25) is 11.7 Å². The lowest BCUT2D eigenvalue weighted by Gasteiger charge is -2.60. The molecule has 6 atom stereocenters. The van der Waals surface area contributed by atoms with Gasteiger partial charge in [0.05, 0.1) is 24.8 Å². The lowest BCUT2D eigenvalue weighted by Crippen LogP contribution is -2.70. The Morgan fingerprint density at radius 1 is 0.919 bits per heavy atom. The number of benzene rings is 2. The number of oxime groups is 1. The van der Waals surface area contributed by atoms with Crippen LogP contribution in [0.2, 0.25) is 0 Å². The Balaban J connectivity index is 1.56. The lowest BCUT2D eigenvalue weighted by atomic mass is 9.55. The minimum Gasteiger partial charge on any atom is -0.493 e. The number of aliphatic hydroxyl groups is 2. The molecule has 9 nitrogen and oxygen atoms in total. The van der Waals surface area contributed by atoms with Gasteiger partial charge in [0.15, 0.2) is 0 Å². The van der Waals surface area contributed by atoms with Gasteiger partial charge in [-0.05, 0) is 93.2 Å². The summed E-state index contributed by atoms with van der Waals surface area (Å²) >= 11 is 1.78. The number of allylic oxidation sites excluding steroid dienone is 1. The summed E-state index contributed by atoms with van der Waals surface area (Å²) in [4.78, 5) is 23.9. The minimum atomic E-state index is -1.23. The maximum atomic E-state index is 14.7. The van der Waals surface area contributed by atoms with E-state index in [2.05, 4.69) is 61.7 Å². The van der Waals surface area contributed by atoms with E-state index < -0.39 is 11.8 Å². The first-order valence-electron chi connectivity index (χ1n) is 24.3. The van der Waals surface area contributed by atoms with Crippen molar-refractivity contribution in [3.05, 3.63) is 78.4 Å². The summed E-state index contributed by atoms with van der Waals surface area (Å²) in [6.07, 6.45) is 21.6. The molecule has 344 valence electrons. The molecule has 0 aromatic heterocycles. The maximum absolute atomic E-state index is 14.7. The van der Waals surface area contributed by atoms with Crippen LogP contribution in [-0.2, 0) is 14.4 Å². The van der Waals surface area contributed by atoms with Gasteiger partial charge in [-0.2, -0.15) is 0 Å². The summed E-state index contributed by atoms with van der Waals surface area (Å²) in [5, 5.41) is 24.7. The number of amides is 1. The predicted octanol–water partition coefficient (Wildman–Crippen LogP) is 11.7. The summed E-state index contributed by atoms with van der Waals surface area (Å²) in [7, 11) is 0. The van der Waals surface area contributed by atoms with Crippen LogP contribution >= 0.6 is 11.8 Å². The highest BCUT2D eigenvalue weighted by atomic mass is 32.2. The van der Waals surface area contributed by atoms with Gasteiger partial charge in [0, 0.05) is 54.7 Å². The van der Waals surface area contributed by atoms with Crippen molar-refractivity contribution in [3.8, 4) is 11.5 Å².